The molecule has 2 saturated heterocycles. The fraction of sp³-hybridized carbons (Fsp3) is 0.321. The quantitative estimate of drug-likeness (QED) is 0.341. The number of halogens is 3. The van der Waals surface area contributed by atoms with Gasteiger partial charge in [-0.25, -0.2) is 9.19 Å². The lowest BCUT2D eigenvalue weighted by molar-refractivity contribution is -0.137. The summed E-state index contributed by atoms with van der Waals surface area (Å²) in [5, 5.41) is 9.93. The predicted octanol–water partition coefficient (Wildman–Crippen LogP) is 5.18. The molecule has 2 aromatic heterocycles. The van der Waals surface area contributed by atoms with Crippen LogP contribution in [0.5, 0.6) is 5.88 Å². The van der Waals surface area contributed by atoms with Crippen LogP contribution in [0.4, 0.5) is 18.9 Å². The first-order valence-electron chi connectivity index (χ1n) is 12.5. The second kappa shape index (κ2) is 9.88. The molecule has 4 heterocycles. The number of nitrogens with one attached hydrogen (secondary N) is 1. The lowest BCUT2D eigenvalue weighted by Crippen LogP contribution is -2.34. The van der Waals surface area contributed by atoms with Gasteiger partial charge in [0.05, 0.1) is 41.2 Å². The molecular formula is C28H26F3N3O5S. The Hall–Kier alpha value is -3.45. The maximum atomic E-state index is 14.1. The van der Waals surface area contributed by atoms with Gasteiger partial charge in [-0.3, -0.25) is 0 Å². The van der Waals surface area contributed by atoms with Crippen molar-refractivity contribution in [2.45, 2.75) is 30.6 Å². The van der Waals surface area contributed by atoms with E-state index in [9.17, 15) is 22.5 Å². The zero-order valence-electron chi connectivity index (χ0n) is 21.5. The molecule has 210 valence electrons. The summed E-state index contributed by atoms with van der Waals surface area (Å²) in [5.74, 6) is 0.236. The third-order valence-electron chi connectivity index (χ3n) is 6.83. The highest BCUT2D eigenvalue weighted by atomic mass is 32.2. The van der Waals surface area contributed by atoms with E-state index in [2.05, 4.69) is 14.3 Å². The Bertz CT molecular complexity index is 1670. The van der Waals surface area contributed by atoms with E-state index in [0.29, 0.717) is 16.8 Å². The number of benzene rings is 2. The third kappa shape index (κ3) is 5.31. The molecule has 2 aliphatic rings. The number of rotatable bonds is 5. The number of aliphatic hydroxyl groups excluding tert-OH is 1. The Morgan fingerprint density at radius 3 is 2.25 bits per heavy atom. The van der Waals surface area contributed by atoms with Crippen molar-refractivity contribution < 1.29 is 36.7 Å². The lowest BCUT2D eigenvalue weighted by Gasteiger charge is -2.16. The molecule has 12 heteroatoms. The Morgan fingerprint density at radius 1 is 0.975 bits per heavy atom. The number of pyridine rings is 1. The molecule has 4 aromatic rings. The van der Waals surface area contributed by atoms with Crippen LogP contribution in [-0.4, -0.2) is 69.4 Å². The molecule has 0 amide bonds. The minimum atomic E-state index is -4.64. The molecule has 0 bridgehead atoms. The molecule has 40 heavy (non-hydrogen) atoms. The van der Waals surface area contributed by atoms with Crippen LogP contribution >= 0.6 is 0 Å². The Balaban J connectivity index is 1.29. The standard InChI is InChI=1S/C28H26F3N3O5S/c1-40(2,36)34-18-9-7-16(8-10-18)15-3-5-17(6-4-15)25-19(28(29,30)31)11-20-21(33-25)12-24(32-20)39-23-14-38-26-22(35)13-37-27(23)26/h3-12,22-23,26-27,32,35H,13-14H2,1-2H3/t22-,23-,26-,27-/m1/s1. The highest BCUT2D eigenvalue weighted by Gasteiger charge is 2.48. The summed E-state index contributed by atoms with van der Waals surface area (Å²) in [4.78, 5) is 7.23. The van der Waals surface area contributed by atoms with Gasteiger partial charge in [-0.15, -0.1) is 0 Å². The van der Waals surface area contributed by atoms with Crippen molar-refractivity contribution in [3.05, 3.63) is 66.2 Å². The van der Waals surface area contributed by atoms with Gasteiger partial charge < -0.3 is 24.3 Å². The number of H-pyrrole nitrogens is 1. The molecule has 2 aromatic carbocycles. The van der Waals surface area contributed by atoms with Gasteiger partial charge >= 0.3 is 6.18 Å². The summed E-state index contributed by atoms with van der Waals surface area (Å²) in [6.45, 7) is 0.331. The second-order valence-corrected chi connectivity index (χ2v) is 12.7. The van der Waals surface area contributed by atoms with Crippen LogP contribution in [0.3, 0.4) is 0 Å². The molecule has 6 rings (SSSR count). The van der Waals surface area contributed by atoms with E-state index in [1.54, 1.807) is 55.0 Å². The van der Waals surface area contributed by atoms with Crippen LogP contribution in [0.25, 0.3) is 33.4 Å². The second-order valence-electron chi connectivity index (χ2n) is 10.2. The van der Waals surface area contributed by atoms with E-state index in [0.717, 1.165) is 17.2 Å². The maximum Gasteiger partial charge on any atom is 0.418 e. The van der Waals surface area contributed by atoms with Crippen molar-refractivity contribution in [3.63, 3.8) is 0 Å². The van der Waals surface area contributed by atoms with Crippen molar-refractivity contribution in [1.29, 1.82) is 0 Å². The zero-order chi connectivity index (χ0) is 28.2. The first kappa shape index (κ1) is 26.8. The van der Waals surface area contributed by atoms with Gasteiger partial charge in [0, 0.05) is 33.9 Å². The minimum absolute atomic E-state index is 0.141. The van der Waals surface area contributed by atoms with Gasteiger partial charge in [-0.2, -0.15) is 17.5 Å². The van der Waals surface area contributed by atoms with E-state index in [-0.39, 0.29) is 30.3 Å². The molecule has 2 N–H and O–H groups in total. The molecule has 8 nitrogen and oxygen atoms in total. The number of hydrogen-bond donors (Lipinski definition) is 2. The van der Waals surface area contributed by atoms with E-state index in [1.165, 1.54) is 0 Å². The Labute approximate surface area is 228 Å². The number of ether oxygens (including phenoxy) is 3. The van der Waals surface area contributed by atoms with Crippen LogP contribution in [0, 0.1) is 0 Å². The summed E-state index contributed by atoms with van der Waals surface area (Å²) in [6, 6.07) is 16.4. The van der Waals surface area contributed by atoms with E-state index >= 15 is 0 Å². The number of hydrogen-bond acceptors (Lipinski definition) is 7. The molecule has 4 atom stereocenters. The predicted molar refractivity (Wildman–Crippen MR) is 144 cm³/mol. The van der Waals surface area contributed by atoms with Crippen molar-refractivity contribution in [2.24, 2.45) is 4.36 Å². The van der Waals surface area contributed by atoms with Gasteiger partial charge in [0.1, 0.15) is 18.3 Å². The summed E-state index contributed by atoms with van der Waals surface area (Å²) < 4.78 is 75.5. The Kier molecular flexibility index (Phi) is 6.61. The number of aromatic amines is 1. The van der Waals surface area contributed by atoms with Gasteiger partial charge in [0.2, 0.25) is 0 Å². The van der Waals surface area contributed by atoms with Crippen LogP contribution in [0.15, 0.2) is 65.0 Å². The Morgan fingerprint density at radius 2 is 1.60 bits per heavy atom. The molecule has 0 spiro atoms. The van der Waals surface area contributed by atoms with E-state index in [1.807, 2.05) is 12.1 Å². The topological polar surface area (TPSA) is 106 Å². The molecule has 0 saturated carbocycles. The SMILES string of the molecule is CS(C)(=O)=Nc1ccc(-c2ccc(-c3nc4cc(O[C@@H]5CO[C@H]6[C@@H]5OC[C@H]6O)[nH]c4cc3C(F)(F)F)cc2)cc1. The van der Waals surface area contributed by atoms with Crippen LogP contribution in [-0.2, 0) is 25.4 Å². The van der Waals surface area contributed by atoms with Gasteiger partial charge in [-0.1, -0.05) is 36.4 Å². The van der Waals surface area contributed by atoms with Crippen LogP contribution < -0.4 is 4.74 Å². The first-order chi connectivity index (χ1) is 18.9. The van der Waals surface area contributed by atoms with Crippen LogP contribution in [0.2, 0.25) is 0 Å². The zero-order valence-corrected chi connectivity index (χ0v) is 22.3. The van der Waals surface area contributed by atoms with Crippen molar-refractivity contribution in [3.8, 4) is 28.3 Å². The highest BCUT2D eigenvalue weighted by Crippen LogP contribution is 2.39. The molecule has 2 aliphatic heterocycles. The average Bonchev–Trinajstić information content (AvgIpc) is 3.59. The van der Waals surface area contributed by atoms with Crippen molar-refractivity contribution in [1.82, 2.24) is 9.97 Å². The van der Waals surface area contributed by atoms with Crippen molar-refractivity contribution >= 4 is 26.4 Å². The monoisotopic (exact) mass is 573 g/mol. The summed E-state index contributed by atoms with van der Waals surface area (Å²) in [5.41, 5.74) is 1.96. The summed E-state index contributed by atoms with van der Waals surface area (Å²) in [6.07, 6.45) is -3.73. The number of alkyl halides is 3. The fourth-order valence-electron chi connectivity index (χ4n) is 5.03. The minimum Gasteiger partial charge on any atom is -0.470 e. The number of aliphatic hydroxyl groups is 1. The third-order valence-corrected chi connectivity index (χ3v) is 7.48. The summed E-state index contributed by atoms with van der Waals surface area (Å²) >= 11 is 0. The number of fused-ring (bicyclic) bond motifs is 2. The van der Waals surface area contributed by atoms with E-state index < -0.39 is 45.9 Å². The first-order valence-corrected chi connectivity index (χ1v) is 14.8. The maximum absolute atomic E-state index is 14.1. The fourth-order valence-corrected chi connectivity index (χ4v) is 5.66. The molecule has 0 unspecified atom stereocenters. The number of nitrogens with zero attached hydrogens (tertiary/aromatic N) is 2. The lowest BCUT2D eigenvalue weighted by atomic mass is 10.00. The molecular weight excluding hydrogens is 547 g/mol. The normalized spacial score (nSPS) is 22.9. The average molecular weight is 574 g/mol. The molecule has 0 aliphatic carbocycles. The highest BCUT2D eigenvalue weighted by molar-refractivity contribution is 7.92. The van der Waals surface area contributed by atoms with Crippen molar-refractivity contribution in [2.75, 3.05) is 25.7 Å². The molecule has 2 fully saturated rings. The van der Waals surface area contributed by atoms with E-state index in [4.69, 9.17) is 14.2 Å². The smallest absolute Gasteiger partial charge is 0.418 e. The molecule has 0 radical (unpaired) electrons. The summed E-state index contributed by atoms with van der Waals surface area (Å²) in [7, 11) is -2.29. The van der Waals surface area contributed by atoms with Gasteiger partial charge in [0.15, 0.2) is 12.0 Å². The number of aromatic nitrogens is 2. The van der Waals surface area contributed by atoms with Crippen LogP contribution in [0.1, 0.15) is 5.56 Å². The van der Waals surface area contributed by atoms with Gasteiger partial charge in [0.25, 0.3) is 0 Å². The largest absolute Gasteiger partial charge is 0.470 e. The van der Waals surface area contributed by atoms with Gasteiger partial charge in [-0.05, 0) is 29.3 Å².